The Morgan fingerprint density at radius 1 is 1.61 bits per heavy atom. The average Bonchev–Trinajstić information content (AvgIpc) is 2.83. The molecule has 0 radical (unpaired) electrons. The van der Waals surface area contributed by atoms with Crippen molar-refractivity contribution >= 4 is 23.6 Å². The molecule has 2 amide bonds. The van der Waals surface area contributed by atoms with Crippen LogP contribution in [0.15, 0.2) is 0 Å². The number of nitrogens with two attached hydrogens (primary N) is 1. The molecule has 3 N–H and O–H groups in total. The highest BCUT2D eigenvalue weighted by molar-refractivity contribution is 8.01. The van der Waals surface area contributed by atoms with Gasteiger partial charge in [-0.15, -0.1) is 11.8 Å². The second kappa shape index (κ2) is 5.48. The molecule has 0 saturated carbocycles. The van der Waals surface area contributed by atoms with E-state index in [0.29, 0.717) is 25.3 Å². The van der Waals surface area contributed by atoms with Gasteiger partial charge in [0.15, 0.2) is 0 Å². The zero-order valence-electron chi connectivity index (χ0n) is 10.8. The molecule has 6 heteroatoms. The van der Waals surface area contributed by atoms with Gasteiger partial charge >= 0.3 is 0 Å². The highest BCUT2D eigenvalue weighted by Crippen LogP contribution is 2.47. The monoisotopic (exact) mass is 271 g/mol. The lowest BCUT2D eigenvalue weighted by atomic mass is 10.2. The minimum atomic E-state index is -0.284. The molecule has 0 bridgehead atoms. The third-order valence-corrected chi connectivity index (χ3v) is 5.18. The summed E-state index contributed by atoms with van der Waals surface area (Å²) >= 11 is 1.72. The van der Waals surface area contributed by atoms with E-state index in [1.165, 1.54) is 0 Å². The maximum absolute atomic E-state index is 12.1. The van der Waals surface area contributed by atoms with E-state index in [1.54, 1.807) is 16.7 Å². The first-order valence-electron chi connectivity index (χ1n) is 6.52. The van der Waals surface area contributed by atoms with Crippen LogP contribution < -0.4 is 11.1 Å². The summed E-state index contributed by atoms with van der Waals surface area (Å²) in [7, 11) is 0. The Labute approximate surface area is 112 Å². The summed E-state index contributed by atoms with van der Waals surface area (Å²) < 4.78 is 0. The number of amides is 2. The van der Waals surface area contributed by atoms with Crippen molar-refractivity contribution in [1.82, 2.24) is 10.2 Å². The second-order valence-electron chi connectivity index (χ2n) is 5.05. The van der Waals surface area contributed by atoms with Gasteiger partial charge in [0.25, 0.3) is 0 Å². The maximum Gasteiger partial charge on any atom is 0.243 e. The lowest BCUT2D eigenvalue weighted by Gasteiger charge is -2.29. The van der Waals surface area contributed by atoms with E-state index < -0.39 is 0 Å². The molecule has 0 spiro atoms. The number of nitrogens with one attached hydrogen (secondary N) is 1. The normalized spacial score (nSPS) is 30.7. The summed E-state index contributed by atoms with van der Waals surface area (Å²) in [6.07, 6.45) is 3.24. The number of unbranched alkanes of at least 4 members (excludes halogenated alkanes) is 1. The Bertz CT molecular complexity index is 350. The fourth-order valence-electron chi connectivity index (χ4n) is 2.61. The highest BCUT2D eigenvalue weighted by atomic mass is 32.2. The predicted octanol–water partition coefficient (Wildman–Crippen LogP) is 0.296. The standard InChI is InChI=1S/C12H21N3O2S/c1-12-5-4-10(16)15(12)9(8-18-12)11(17)14-7-3-2-6-13/h9H,2-8,13H2,1H3,(H,14,17). The van der Waals surface area contributed by atoms with Gasteiger partial charge in [-0.25, -0.2) is 0 Å². The van der Waals surface area contributed by atoms with Crippen molar-refractivity contribution in [1.29, 1.82) is 0 Å². The molecule has 0 aromatic heterocycles. The van der Waals surface area contributed by atoms with Gasteiger partial charge in [0, 0.05) is 18.7 Å². The Morgan fingerprint density at radius 2 is 2.39 bits per heavy atom. The molecule has 0 aliphatic carbocycles. The number of thioether (sulfide) groups is 1. The van der Waals surface area contributed by atoms with Gasteiger partial charge in [0.2, 0.25) is 11.8 Å². The molecular formula is C12H21N3O2S. The molecular weight excluding hydrogens is 250 g/mol. The number of carbonyl (C=O) groups excluding carboxylic acids is 2. The van der Waals surface area contributed by atoms with Crippen LogP contribution in [-0.2, 0) is 9.59 Å². The number of rotatable bonds is 5. The third-order valence-electron chi connectivity index (χ3n) is 3.68. The Balaban J connectivity index is 1.89. The van der Waals surface area contributed by atoms with E-state index in [0.717, 1.165) is 19.3 Å². The van der Waals surface area contributed by atoms with E-state index in [2.05, 4.69) is 12.2 Å². The third kappa shape index (κ3) is 2.49. The average molecular weight is 271 g/mol. The predicted molar refractivity (Wildman–Crippen MR) is 72.0 cm³/mol. The van der Waals surface area contributed by atoms with Crippen LogP contribution in [0.4, 0.5) is 0 Å². The molecule has 0 aromatic carbocycles. The fraction of sp³-hybridized carbons (Fsp3) is 0.833. The molecule has 2 aliphatic rings. The first-order chi connectivity index (χ1) is 8.58. The van der Waals surface area contributed by atoms with Crippen LogP contribution in [0.5, 0.6) is 0 Å². The summed E-state index contributed by atoms with van der Waals surface area (Å²) in [5.74, 6) is 0.813. The lowest BCUT2D eigenvalue weighted by Crippen LogP contribution is -2.50. The number of fused-ring (bicyclic) bond motifs is 1. The Hall–Kier alpha value is -0.750. The van der Waals surface area contributed by atoms with Gasteiger partial charge in [-0.1, -0.05) is 0 Å². The molecule has 2 unspecified atom stereocenters. The zero-order valence-corrected chi connectivity index (χ0v) is 11.6. The van der Waals surface area contributed by atoms with Crippen LogP contribution >= 0.6 is 11.8 Å². The number of hydrogen-bond acceptors (Lipinski definition) is 4. The maximum atomic E-state index is 12.1. The molecule has 2 aliphatic heterocycles. The first-order valence-corrected chi connectivity index (χ1v) is 7.51. The van der Waals surface area contributed by atoms with Gasteiger partial charge in [-0.05, 0) is 32.7 Å². The van der Waals surface area contributed by atoms with E-state index in [1.807, 2.05) is 0 Å². The number of carbonyl (C=O) groups is 2. The van der Waals surface area contributed by atoms with Gasteiger partial charge in [0.1, 0.15) is 6.04 Å². The van der Waals surface area contributed by atoms with Crippen LogP contribution in [0, 0.1) is 0 Å². The number of nitrogens with zero attached hydrogens (tertiary/aromatic N) is 1. The minimum absolute atomic E-state index is 0.0153. The molecule has 5 nitrogen and oxygen atoms in total. The Morgan fingerprint density at radius 3 is 3.11 bits per heavy atom. The first kappa shape index (κ1) is 13.7. The van der Waals surface area contributed by atoms with Crippen LogP contribution in [0.25, 0.3) is 0 Å². The van der Waals surface area contributed by atoms with Crippen molar-refractivity contribution in [2.75, 3.05) is 18.8 Å². The van der Waals surface area contributed by atoms with Gasteiger partial charge in [-0.2, -0.15) is 0 Å². The van der Waals surface area contributed by atoms with Crippen molar-refractivity contribution in [3.05, 3.63) is 0 Å². The van der Waals surface area contributed by atoms with Crippen molar-refractivity contribution in [2.24, 2.45) is 5.73 Å². The summed E-state index contributed by atoms with van der Waals surface area (Å²) in [6.45, 7) is 3.36. The molecule has 0 aromatic rings. The molecule has 2 heterocycles. The van der Waals surface area contributed by atoms with Crippen LogP contribution in [-0.4, -0.2) is 46.5 Å². The summed E-state index contributed by atoms with van der Waals surface area (Å²) in [4.78, 5) is 25.6. The zero-order chi connectivity index (χ0) is 13.2. The van der Waals surface area contributed by atoms with Gasteiger partial charge < -0.3 is 16.0 Å². The molecule has 2 rings (SSSR count). The molecule has 18 heavy (non-hydrogen) atoms. The second-order valence-corrected chi connectivity index (χ2v) is 6.55. The number of hydrogen-bond donors (Lipinski definition) is 2. The van der Waals surface area contributed by atoms with E-state index >= 15 is 0 Å². The van der Waals surface area contributed by atoms with Crippen molar-refractivity contribution in [3.63, 3.8) is 0 Å². The minimum Gasteiger partial charge on any atom is -0.354 e. The van der Waals surface area contributed by atoms with Crippen molar-refractivity contribution < 1.29 is 9.59 Å². The molecule has 2 saturated heterocycles. The topological polar surface area (TPSA) is 75.4 Å². The van der Waals surface area contributed by atoms with Crippen LogP contribution in [0.1, 0.15) is 32.6 Å². The molecule has 2 atom stereocenters. The summed E-state index contributed by atoms with van der Waals surface area (Å²) in [5, 5.41) is 2.91. The van der Waals surface area contributed by atoms with Crippen LogP contribution in [0.3, 0.4) is 0 Å². The van der Waals surface area contributed by atoms with Crippen molar-refractivity contribution in [2.45, 2.75) is 43.5 Å². The van der Waals surface area contributed by atoms with E-state index in [9.17, 15) is 9.59 Å². The van der Waals surface area contributed by atoms with E-state index in [-0.39, 0.29) is 22.7 Å². The fourth-order valence-corrected chi connectivity index (χ4v) is 4.05. The van der Waals surface area contributed by atoms with Crippen molar-refractivity contribution in [3.8, 4) is 0 Å². The smallest absolute Gasteiger partial charge is 0.243 e. The highest BCUT2D eigenvalue weighted by Gasteiger charge is 2.52. The summed E-state index contributed by atoms with van der Waals surface area (Å²) in [6, 6.07) is -0.284. The molecule has 102 valence electrons. The summed E-state index contributed by atoms with van der Waals surface area (Å²) in [5.41, 5.74) is 5.40. The van der Waals surface area contributed by atoms with Gasteiger partial charge in [-0.3, -0.25) is 9.59 Å². The van der Waals surface area contributed by atoms with E-state index in [4.69, 9.17) is 5.73 Å². The molecule has 2 fully saturated rings. The SMILES string of the molecule is CC12CCC(=O)N1C(C(=O)NCCCCN)CS2. The van der Waals surface area contributed by atoms with Crippen LogP contribution in [0.2, 0.25) is 0 Å². The van der Waals surface area contributed by atoms with Gasteiger partial charge in [0.05, 0.1) is 4.87 Å². The lowest BCUT2D eigenvalue weighted by molar-refractivity contribution is -0.137. The Kier molecular flexibility index (Phi) is 4.17. The largest absolute Gasteiger partial charge is 0.354 e. The quantitative estimate of drug-likeness (QED) is 0.705.